The van der Waals surface area contributed by atoms with Crippen molar-refractivity contribution in [3.8, 4) is 0 Å². The molecule has 4 rings (SSSR count). The van der Waals surface area contributed by atoms with E-state index in [2.05, 4.69) is 38.6 Å². The normalized spacial score (nSPS) is 22.0. The summed E-state index contributed by atoms with van der Waals surface area (Å²) in [5.74, 6) is 0.692. The Labute approximate surface area is 164 Å². The van der Waals surface area contributed by atoms with Crippen LogP contribution in [0.5, 0.6) is 0 Å². The van der Waals surface area contributed by atoms with Crippen LogP contribution in [0.3, 0.4) is 0 Å². The minimum atomic E-state index is -0.149. The summed E-state index contributed by atoms with van der Waals surface area (Å²) < 4.78 is 0. The second-order valence-electron chi connectivity index (χ2n) is 7.66. The molecule has 2 aromatic rings. The van der Waals surface area contributed by atoms with E-state index in [0.717, 1.165) is 25.8 Å². The Morgan fingerprint density at radius 1 is 1.21 bits per heavy atom. The standard InChI is InChI=1S/C21H25N5O2/c1-26-10-7-17(19(26)16-3-2-8-22-12-16)13-24-20(27)15-6-9-23-18(11-15)25-21(28)14-4-5-14/h2-3,6,8-9,11-12,14,17,19H,4-5,7,10,13H2,1H3,(H,24,27)(H,23,25,28)/t17-,19-/m0/s1. The lowest BCUT2D eigenvalue weighted by Crippen LogP contribution is -2.32. The maximum Gasteiger partial charge on any atom is 0.251 e. The molecule has 1 saturated heterocycles. The van der Waals surface area contributed by atoms with E-state index in [4.69, 9.17) is 0 Å². The number of rotatable bonds is 6. The van der Waals surface area contributed by atoms with Crippen molar-refractivity contribution in [2.75, 3.05) is 25.5 Å². The van der Waals surface area contributed by atoms with Crippen LogP contribution in [0.4, 0.5) is 5.82 Å². The lowest BCUT2D eigenvalue weighted by atomic mass is 9.94. The summed E-state index contributed by atoms with van der Waals surface area (Å²) in [4.78, 5) is 35.2. The smallest absolute Gasteiger partial charge is 0.251 e. The van der Waals surface area contributed by atoms with Gasteiger partial charge in [0.05, 0.1) is 0 Å². The molecule has 2 aromatic heterocycles. The highest BCUT2D eigenvalue weighted by molar-refractivity contribution is 5.97. The second kappa shape index (κ2) is 8.06. The van der Waals surface area contributed by atoms with Gasteiger partial charge in [0.2, 0.25) is 5.91 Å². The Morgan fingerprint density at radius 2 is 2.07 bits per heavy atom. The zero-order valence-electron chi connectivity index (χ0n) is 16.0. The summed E-state index contributed by atoms with van der Waals surface area (Å²) in [7, 11) is 2.11. The molecule has 146 valence electrons. The lowest BCUT2D eigenvalue weighted by Gasteiger charge is -2.25. The SMILES string of the molecule is CN1CC[C@@H](CNC(=O)c2ccnc(NC(=O)C3CC3)c2)[C@@H]1c1cccnc1. The Kier molecular flexibility index (Phi) is 5.34. The van der Waals surface area contributed by atoms with E-state index in [1.54, 1.807) is 24.5 Å². The van der Waals surface area contributed by atoms with Gasteiger partial charge < -0.3 is 10.6 Å². The molecule has 7 heteroatoms. The van der Waals surface area contributed by atoms with Crippen LogP contribution in [-0.4, -0.2) is 46.8 Å². The Balaban J connectivity index is 1.38. The number of hydrogen-bond acceptors (Lipinski definition) is 5. The number of anilines is 1. The van der Waals surface area contributed by atoms with Gasteiger partial charge >= 0.3 is 0 Å². The van der Waals surface area contributed by atoms with Crippen molar-refractivity contribution in [1.82, 2.24) is 20.2 Å². The highest BCUT2D eigenvalue weighted by Crippen LogP contribution is 2.35. The van der Waals surface area contributed by atoms with Crippen molar-refractivity contribution < 1.29 is 9.59 Å². The number of hydrogen-bond donors (Lipinski definition) is 2. The Morgan fingerprint density at radius 3 is 2.82 bits per heavy atom. The number of nitrogens with zero attached hydrogens (tertiary/aromatic N) is 3. The molecule has 0 aromatic carbocycles. The van der Waals surface area contributed by atoms with Gasteiger partial charge in [-0.2, -0.15) is 0 Å². The van der Waals surface area contributed by atoms with Gasteiger partial charge in [0.25, 0.3) is 5.91 Å². The summed E-state index contributed by atoms with van der Waals surface area (Å²) in [6, 6.07) is 7.59. The first-order chi connectivity index (χ1) is 13.6. The third-order valence-electron chi connectivity index (χ3n) is 5.55. The average molecular weight is 379 g/mol. The van der Waals surface area contributed by atoms with Crippen molar-refractivity contribution >= 4 is 17.6 Å². The van der Waals surface area contributed by atoms with Crippen LogP contribution in [0.25, 0.3) is 0 Å². The highest BCUT2D eigenvalue weighted by Gasteiger charge is 2.33. The van der Waals surface area contributed by atoms with Gasteiger partial charge in [-0.15, -0.1) is 0 Å². The predicted molar refractivity (Wildman–Crippen MR) is 106 cm³/mol. The number of aromatic nitrogens is 2. The fraction of sp³-hybridized carbons (Fsp3) is 0.429. The molecule has 28 heavy (non-hydrogen) atoms. The second-order valence-corrected chi connectivity index (χ2v) is 7.66. The van der Waals surface area contributed by atoms with Crippen molar-refractivity contribution in [3.63, 3.8) is 0 Å². The Bertz CT molecular complexity index is 853. The van der Waals surface area contributed by atoms with E-state index in [0.29, 0.717) is 23.8 Å². The van der Waals surface area contributed by atoms with E-state index >= 15 is 0 Å². The third kappa shape index (κ3) is 4.20. The molecule has 2 aliphatic rings. The molecule has 1 aliphatic carbocycles. The molecule has 0 spiro atoms. The molecule has 2 amide bonds. The van der Waals surface area contributed by atoms with Crippen LogP contribution in [0.2, 0.25) is 0 Å². The average Bonchev–Trinajstić information content (AvgIpc) is 3.50. The zero-order valence-corrected chi connectivity index (χ0v) is 16.0. The number of amides is 2. The van der Waals surface area contributed by atoms with E-state index in [9.17, 15) is 9.59 Å². The number of pyridine rings is 2. The Hall–Kier alpha value is -2.80. The maximum atomic E-state index is 12.6. The minimum Gasteiger partial charge on any atom is -0.352 e. The molecule has 2 fully saturated rings. The molecule has 2 N–H and O–H groups in total. The zero-order chi connectivity index (χ0) is 19.5. The van der Waals surface area contributed by atoms with Crippen LogP contribution >= 0.6 is 0 Å². The van der Waals surface area contributed by atoms with Gasteiger partial charge in [0.15, 0.2) is 0 Å². The summed E-state index contributed by atoms with van der Waals surface area (Å²) in [6.45, 7) is 1.58. The van der Waals surface area contributed by atoms with Gasteiger partial charge in [-0.3, -0.25) is 19.5 Å². The quantitative estimate of drug-likeness (QED) is 0.804. The van der Waals surface area contributed by atoms with Crippen LogP contribution in [0.15, 0.2) is 42.9 Å². The largest absolute Gasteiger partial charge is 0.352 e. The number of carbonyl (C=O) groups excluding carboxylic acids is 2. The van der Waals surface area contributed by atoms with Crippen LogP contribution in [0.1, 0.15) is 41.2 Å². The third-order valence-corrected chi connectivity index (χ3v) is 5.55. The molecule has 1 saturated carbocycles. The lowest BCUT2D eigenvalue weighted by molar-refractivity contribution is -0.117. The number of likely N-dealkylation sites (tertiary alicyclic amines) is 1. The maximum absolute atomic E-state index is 12.6. The summed E-state index contributed by atoms with van der Waals surface area (Å²) in [6.07, 6.45) is 8.12. The topological polar surface area (TPSA) is 87.2 Å². The molecule has 0 unspecified atom stereocenters. The van der Waals surface area contributed by atoms with E-state index < -0.39 is 0 Å². The number of carbonyl (C=O) groups is 2. The molecule has 2 atom stereocenters. The van der Waals surface area contributed by atoms with Gasteiger partial charge in [-0.25, -0.2) is 4.98 Å². The van der Waals surface area contributed by atoms with Crippen LogP contribution < -0.4 is 10.6 Å². The van der Waals surface area contributed by atoms with Crippen molar-refractivity contribution in [2.24, 2.45) is 11.8 Å². The number of nitrogens with one attached hydrogen (secondary N) is 2. The molecule has 7 nitrogen and oxygen atoms in total. The van der Waals surface area contributed by atoms with E-state index in [1.807, 2.05) is 12.3 Å². The first kappa shape index (κ1) is 18.6. The predicted octanol–water partition coefficient (Wildman–Crippen LogP) is 2.25. The van der Waals surface area contributed by atoms with Gasteiger partial charge in [-0.1, -0.05) is 6.07 Å². The fourth-order valence-electron chi connectivity index (χ4n) is 3.86. The molecular formula is C21H25N5O2. The minimum absolute atomic E-state index is 0.0154. The van der Waals surface area contributed by atoms with Gasteiger partial charge in [0, 0.05) is 42.7 Å². The van der Waals surface area contributed by atoms with E-state index in [1.165, 1.54) is 5.56 Å². The van der Waals surface area contributed by atoms with Crippen molar-refractivity contribution in [2.45, 2.75) is 25.3 Å². The molecular weight excluding hydrogens is 354 g/mol. The molecule has 1 aliphatic heterocycles. The van der Waals surface area contributed by atoms with Crippen LogP contribution in [-0.2, 0) is 4.79 Å². The van der Waals surface area contributed by atoms with Crippen molar-refractivity contribution in [3.05, 3.63) is 54.0 Å². The molecule has 3 heterocycles. The summed E-state index contributed by atoms with van der Waals surface area (Å²) in [5.41, 5.74) is 1.68. The van der Waals surface area contributed by atoms with E-state index in [-0.39, 0.29) is 23.8 Å². The van der Waals surface area contributed by atoms with Gasteiger partial charge in [-0.05, 0) is 62.5 Å². The molecule has 0 bridgehead atoms. The molecule has 0 radical (unpaired) electrons. The summed E-state index contributed by atoms with van der Waals surface area (Å²) >= 11 is 0. The monoisotopic (exact) mass is 379 g/mol. The first-order valence-electron chi connectivity index (χ1n) is 9.77. The van der Waals surface area contributed by atoms with Crippen LogP contribution in [0, 0.1) is 11.8 Å². The highest BCUT2D eigenvalue weighted by atomic mass is 16.2. The first-order valence-corrected chi connectivity index (χ1v) is 9.77. The fourth-order valence-corrected chi connectivity index (χ4v) is 3.86. The van der Waals surface area contributed by atoms with Crippen molar-refractivity contribution in [1.29, 1.82) is 0 Å². The summed E-state index contributed by atoms with van der Waals surface area (Å²) in [5, 5.41) is 5.84. The van der Waals surface area contributed by atoms with Gasteiger partial charge in [0.1, 0.15) is 5.82 Å².